The Morgan fingerprint density at radius 2 is 1.58 bits per heavy atom. The molecule has 9 heteroatoms. The van der Waals surface area contributed by atoms with Crippen LogP contribution in [0.5, 0.6) is 0 Å². The first-order chi connectivity index (χ1) is 18.1. The molecule has 196 valence electrons. The lowest BCUT2D eigenvalue weighted by Crippen LogP contribution is -2.32. The number of fused-ring (bicyclic) bond motifs is 1. The highest BCUT2D eigenvalue weighted by atomic mass is 16.6. The molecule has 2 N–H and O–H groups in total. The van der Waals surface area contributed by atoms with E-state index in [4.69, 9.17) is 13.9 Å². The van der Waals surface area contributed by atoms with Crippen molar-refractivity contribution in [1.82, 2.24) is 5.32 Å². The molecule has 2 aromatic carbocycles. The normalized spacial score (nSPS) is 15.3. The zero-order valence-corrected chi connectivity index (χ0v) is 21.4. The van der Waals surface area contributed by atoms with Crippen LogP contribution in [0.2, 0.25) is 0 Å². The van der Waals surface area contributed by atoms with Crippen LogP contribution in [0.1, 0.15) is 37.8 Å². The summed E-state index contributed by atoms with van der Waals surface area (Å²) < 4.78 is 16.5. The summed E-state index contributed by atoms with van der Waals surface area (Å²) in [5.41, 5.74) is 2.05. The highest BCUT2D eigenvalue weighted by molar-refractivity contribution is 6.01. The van der Waals surface area contributed by atoms with Crippen LogP contribution in [-0.4, -0.2) is 36.2 Å². The van der Waals surface area contributed by atoms with Crippen molar-refractivity contribution < 1.29 is 33.4 Å². The maximum atomic E-state index is 13.4. The molecule has 1 aliphatic heterocycles. The number of allylic oxidation sites excluding steroid dienone is 2. The number of esters is 2. The molecule has 0 saturated heterocycles. The molecule has 4 rings (SSSR count). The first-order valence-electron chi connectivity index (χ1n) is 12.0. The fourth-order valence-corrected chi connectivity index (χ4v) is 4.68. The molecule has 0 radical (unpaired) electrons. The summed E-state index contributed by atoms with van der Waals surface area (Å²) in [6, 6.07) is 14.0. The summed E-state index contributed by atoms with van der Waals surface area (Å²) in [5, 5.41) is 13.4. The molecule has 1 aliphatic rings. The Morgan fingerprint density at radius 1 is 0.921 bits per heavy atom. The number of para-hydroxylation sites is 1. The molecule has 1 unspecified atom stereocenters. The maximum Gasteiger partial charge on any atom is 0.336 e. The predicted molar refractivity (Wildman–Crippen MR) is 139 cm³/mol. The molecule has 2 heterocycles. The standard InChI is InChI=1S/C29H27NO8/c1-15-25(32)21-12-8-11-20(27(21)38-26(15)19-9-6-5-7-10-19)24-22(28(33)34)16(2)30-17(3)23(24)29(35)37-14-13-36-18(4)31/h5-12,24,30H,13-14H2,1-4H3,(H,33,34). The second-order valence-electron chi connectivity index (χ2n) is 8.89. The lowest BCUT2D eigenvalue weighted by molar-refractivity contribution is -0.148. The minimum absolute atomic E-state index is 0.0489. The van der Waals surface area contributed by atoms with Gasteiger partial charge in [0.2, 0.25) is 0 Å². The molecule has 38 heavy (non-hydrogen) atoms. The van der Waals surface area contributed by atoms with E-state index in [9.17, 15) is 24.3 Å². The molecule has 3 aromatic rings. The SMILES string of the molecule is CC(=O)OCCOC(=O)C1=C(C)NC(C)=C(C(=O)O)C1c1cccc2c(=O)c(C)c(-c3ccccc3)oc12. The largest absolute Gasteiger partial charge is 0.478 e. The number of hydrogen-bond acceptors (Lipinski definition) is 8. The average molecular weight is 518 g/mol. The zero-order valence-electron chi connectivity index (χ0n) is 21.4. The predicted octanol–water partition coefficient (Wildman–Crippen LogP) is 4.19. The fraction of sp³-hybridized carbons (Fsp3) is 0.241. The number of carbonyl (C=O) groups is 3. The summed E-state index contributed by atoms with van der Waals surface area (Å²) in [4.78, 5) is 50.2. The Labute approximate surface area is 218 Å². The summed E-state index contributed by atoms with van der Waals surface area (Å²) in [6.07, 6.45) is 0. The van der Waals surface area contributed by atoms with E-state index in [1.54, 1.807) is 39.0 Å². The van der Waals surface area contributed by atoms with Crippen molar-refractivity contribution in [3.05, 3.63) is 92.4 Å². The third kappa shape index (κ3) is 4.95. The summed E-state index contributed by atoms with van der Waals surface area (Å²) >= 11 is 0. The van der Waals surface area contributed by atoms with Crippen LogP contribution in [0.4, 0.5) is 0 Å². The molecule has 0 bridgehead atoms. The monoisotopic (exact) mass is 517 g/mol. The first kappa shape index (κ1) is 26.4. The molecule has 0 amide bonds. The van der Waals surface area contributed by atoms with E-state index in [1.807, 2.05) is 30.3 Å². The quantitative estimate of drug-likeness (QED) is 0.350. The van der Waals surface area contributed by atoms with Crippen LogP contribution in [0.25, 0.3) is 22.3 Å². The number of rotatable bonds is 7. The second-order valence-corrected chi connectivity index (χ2v) is 8.89. The van der Waals surface area contributed by atoms with Gasteiger partial charge < -0.3 is 24.3 Å². The molecule has 0 spiro atoms. The summed E-state index contributed by atoms with van der Waals surface area (Å²) in [5.74, 6) is -3.29. The van der Waals surface area contributed by atoms with Crippen LogP contribution >= 0.6 is 0 Å². The van der Waals surface area contributed by atoms with Crippen LogP contribution in [0.3, 0.4) is 0 Å². The second kappa shape index (κ2) is 10.8. The Balaban J connectivity index is 1.93. The Kier molecular flexibility index (Phi) is 7.47. The minimum Gasteiger partial charge on any atom is -0.478 e. The van der Waals surface area contributed by atoms with Gasteiger partial charge in [-0.2, -0.15) is 0 Å². The number of hydrogen-bond donors (Lipinski definition) is 2. The molecular formula is C29H27NO8. The minimum atomic E-state index is -1.24. The van der Waals surface area contributed by atoms with Crippen LogP contribution < -0.4 is 10.7 Å². The number of nitrogens with one attached hydrogen (secondary N) is 1. The molecule has 1 aromatic heterocycles. The van der Waals surface area contributed by atoms with E-state index in [-0.39, 0.29) is 40.8 Å². The Hall–Kier alpha value is -4.66. The number of carboxylic acids is 1. The van der Waals surface area contributed by atoms with E-state index >= 15 is 0 Å². The van der Waals surface area contributed by atoms with Gasteiger partial charge in [0.25, 0.3) is 0 Å². The van der Waals surface area contributed by atoms with Crippen molar-refractivity contribution in [2.75, 3.05) is 13.2 Å². The summed E-state index contributed by atoms with van der Waals surface area (Å²) in [6.45, 7) is 5.79. The van der Waals surface area contributed by atoms with Gasteiger partial charge in [0.05, 0.1) is 22.5 Å². The summed E-state index contributed by atoms with van der Waals surface area (Å²) in [7, 11) is 0. The van der Waals surface area contributed by atoms with Gasteiger partial charge in [-0.05, 0) is 26.8 Å². The maximum absolute atomic E-state index is 13.4. The van der Waals surface area contributed by atoms with Gasteiger partial charge in [-0.15, -0.1) is 0 Å². The van der Waals surface area contributed by atoms with Crippen LogP contribution in [-0.2, 0) is 23.9 Å². The average Bonchev–Trinajstić information content (AvgIpc) is 2.88. The third-order valence-corrected chi connectivity index (χ3v) is 6.35. The lowest BCUT2D eigenvalue weighted by Gasteiger charge is -2.30. The van der Waals surface area contributed by atoms with Crippen molar-refractivity contribution in [2.24, 2.45) is 0 Å². The van der Waals surface area contributed by atoms with Crippen molar-refractivity contribution in [2.45, 2.75) is 33.6 Å². The van der Waals surface area contributed by atoms with Crippen molar-refractivity contribution >= 4 is 28.9 Å². The third-order valence-electron chi connectivity index (χ3n) is 6.35. The molecule has 9 nitrogen and oxygen atoms in total. The van der Waals surface area contributed by atoms with Crippen molar-refractivity contribution in [3.63, 3.8) is 0 Å². The number of aliphatic carboxylic acids is 1. The number of benzene rings is 2. The number of carbonyl (C=O) groups excluding carboxylic acids is 2. The topological polar surface area (TPSA) is 132 Å². The Bertz CT molecular complexity index is 1560. The molecule has 0 aliphatic carbocycles. The Morgan fingerprint density at radius 3 is 2.24 bits per heavy atom. The molecular weight excluding hydrogens is 490 g/mol. The first-order valence-corrected chi connectivity index (χ1v) is 12.0. The van der Waals surface area contributed by atoms with E-state index in [0.717, 1.165) is 0 Å². The van der Waals surface area contributed by atoms with E-state index in [2.05, 4.69) is 5.32 Å². The van der Waals surface area contributed by atoms with Gasteiger partial charge in [-0.25, -0.2) is 9.59 Å². The van der Waals surface area contributed by atoms with Crippen LogP contribution in [0.15, 0.2) is 80.3 Å². The van der Waals surface area contributed by atoms with Gasteiger partial charge in [0, 0.05) is 35.0 Å². The van der Waals surface area contributed by atoms with E-state index < -0.39 is 23.8 Å². The highest BCUT2D eigenvalue weighted by Crippen LogP contribution is 2.42. The molecule has 1 atom stereocenters. The van der Waals surface area contributed by atoms with Gasteiger partial charge in [-0.1, -0.05) is 42.5 Å². The molecule has 0 saturated carbocycles. The van der Waals surface area contributed by atoms with Gasteiger partial charge in [0.15, 0.2) is 5.43 Å². The molecule has 0 fully saturated rings. The van der Waals surface area contributed by atoms with Crippen molar-refractivity contribution in [1.29, 1.82) is 0 Å². The van der Waals surface area contributed by atoms with Gasteiger partial charge in [-0.3, -0.25) is 9.59 Å². The van der Waals surface area contributed by atoms with E-state index in [0.29, 0.717) is 33.8 Å². The number of ether oxygens (including phenoxy) is 2. The number of carboxylic acid groups (broad SMARTS) is 1. The smallest absolute Gasteiger partial charge is 0.336 e. The van der Waals surface area contributed by atoms with E-state index in [1.165, 1.54) is 6.92 Å². The fourth-order valence-electron chi connectivity index (χ4n) is 4.68. The van der Waals surface area contributed by atoms with Gasteiger partial charge in [0.1, 0.15) is 24.6 Å². The zero-order chi connectivity index (χ0) is 27.6. The van der Waals surface area contributed by atoms with Crippen molar-refractivity contribution in [3.8, 4) is 11.3 Å². The van der Waals surface area contributed by atoms with Crippen LogP contribution in [0, 0.1) is 6.92 Å². The highest BCUT2D eigenvalue weighted by Gasteiger charge is 2.39. The number of dihydropyridines is 1. The van der Waals surface area contributed by atoms with Gasteiger partial charge >= 0.3 is 17.9 Å². The lowest BCUT2D eigenvalue weighted by atomic mass is 9.79.